The number of benzene rings is 1. The number of pyridine rings is 1. The molecule has 0 aliphatic heterocycles. The summed E-state index contributed by atoms with van der Waals surface area (Å²) in [7, 11) is 0. The standard InChI is InChI=1S/C15H16FN/c1-10(2)14-5-4-6-15(17-14)12-7-8-13(16)11(3)9-12/h4-10H,1-3H3. The van der Waals surface area contributed by atoms with Gasteiger partial charge in [-0.25, -0.2) is 4.39 Å². The van der Waals surface area contributed by atoms with Crippen molar-refractivity contribution in [3.63, 3.8) is 0 Å². The van der Waals surface area contributed by atoms with E-state index in [0.29, 0.717) is 11.5 Å². The topological polar surface area (TPSA) is 12.9 Å². The van der Waals surface area contributed by atoms with Gasteiger partial charge >= 0.3 is 0 Å². The largest absolute Gasteiger partial charge is 0.253 e. The van der Waals surface area contributed by atoms with Crippen LogP contribution >= 0.6 is 0 Å². The van der Waals surface area contributed by atoms with Gasteiger partial charge in [-0.3, -0.25) is 4.98 Å². The maximum atomic E-state index is 13.2. The zero-order valence-corrected chi connectivity index (χ0v) is 10.4. The van der Waals surface area contributed by atoms with E-state index < -0.39 is 0 Å². The summed E-state index contributed by atoms with van der Waals surface area (Å²) in [5.41, 5.74) is 3.58. The second-order valence-electron chi connectivity index (χ2n) is 4.57. The van der Waals surface area contributed by atoms with E-state index in [0.717, 1.165) is 17.0 Å². The average Bonchev–Trinajstić information content (AvgIpc) is 2.33. The molecular formula is C15H16FN. The first-order chi connectivity index (χ1) is 8.08. The Morgan fingerprint density at radius 1 is 1.12 bits per heavy atom. The third kappa shape index (κ3) is 2.52. The van der Waals surface area contributed by atoms with E-state index in [2.05, 4.69) is 18.8 Å². The molecule has 0 radical (unpaired) electrons. The van der Waals surface area contributed by atoms with Crippen LogP contribution in [0.1, 0.15) is 31.0 Å². The highest BCUT2D eigenvalue weighted by molar-refractivity contribution is 5.60. The Labute approximate surface area is 101 Å². The molecule has 2 heteroatoms. The zero-order valence-electron chi connectivity index (χ0n) is 10.4. The van der Waals surface area contributed by atoms with Crippen LogP contribution in [0.3, 0.4) is 0 Å². The van der Waals surface area contributed by atoms with E-state index in [4.69, 9.17) is 0 Å². The minimum absolute atomic E-state index is 0.172. The second-order valence-corrected chi connectivity index (χ2v) is 4.57. The smallest absolute Gasteiger partial charge is 0.126 e. The number of rotatable bonds is 2. The van der Waals surface area contributed by atoms with Gasteiger partial charge in [-0.15, -0.1) is 0 Å². The SMILES string of the molecule is Cc1cc(-c2cccc(C(C)C)n2)ccc1F. The first kappa shape index (κ1) is 11.8. The Kier molecular flexibility index (Phi) is 3.23. The molecule has 0 aliphatic carbocycles. The van der Waals surface area contributed by atoms with Crippen LogP contribution in [0, 0.1) is 12.7 Å². The molecule has 0 unspecified atom stereocenters. The normalized spacial score (nSPS) is 10.9. The van der Waals surface area contributed by atoms with E-state index >= 15 is 0 Å². The van der Waals surface area contributed by atoms with Crippen molar-refractivity contribution in [3.05, 3.63) is 53.5 Å². The van der Waals surface area contributed by atoms with E-state index in [9.17, 15) is 4.39 Å². The Morgan fingerprint density at radius 3 is 2.53 bits per heavy atom. The molecule has 88 valence electrons. The van der Waals surface area contributed by atoms with E-state index in [1.54, 1.807) is 13.0 Å². The summed E-state index contributed by atoms with van der Waals surface area (Å²) in [6, 6.07) is 11.1. The molecule has 0 bridgehead atoms. The summed E-state index contributed by atoms with van der Waals surface area (Å²) in [6.45, 7) is 6.00. The maximum absolute atomic E-state index is 13.2. The van der Waals surface area contributed by atoms with Crippen LogP contribution in [0.25, 0.3) is 11.3 Å². The van der Waals surface area contributed by atoms with Gasteiger partial charge in [-0.1, -0.05) is 19.9 Å². The first-order valence-electron chi connectivity index (χ1n) is 5.81. The van der Waals surface area contributed by atoms with Gasteiger partial charge in [-0.05, 0) is 48.7 Å². The van der Waals surface area contributed by atoms with Gasteiger partial charge in [0.2, 0.25) is 0 Å². The molecular weight excluding hydrogens is 213 g/mol. The van der Waals surface area contributed by atoms with Gasteiger partial charge in [-0.2, -0.15) is 0 Å². The Bertz CT molecular complexity index is 532. The predicted octanol–water partition coefficient (Wildman–Crippen LogP) is 4.32. The molecule has 0 fully saturated rings. The van der Waals surface area contributed by atoms with Gasteiger partial charge in [0.1, 0.15) is 5.82 Å². The molecule has 0 atom stereocenters. The van der Waals surface area contributed by atoms with Gasteiger partial charge in [0.15, 0.2) is 0 Å². The molecule has 1 heterocycles. The zero-order chi connectivity index (χ0) is 12.4. The molecule has 0 saturated carbocycles. The fourth-order valence-electron chi connectivity index (χ4n) is 1.74. The monoisotopic (exact) mass is 229 g/mol. The van der Waals surface area contributed by atoms with Crippen molar-refractivity contribution in [2.45, 2.75) is 26.7 Å². The van der Waals surface area contributed by atoms with Crippen LogP contribution in [0.4, 0.5) is 4.39 Å². The number of hydrogen-bond acceptors (Lipinski definition) is 1. The van der Waals surface area contributed by atoms with Crippen LogP contribution in [0.15, 0.2) is 36.4 Å². The fourth-order valence-corrected chi connectivity index (χ4v) is 1.74. The molecule has 1 aromatic heterocycles. The Hall–Kier alpha value is -1.70. The average molecular weight is 229 g/mol. The molecule has 1 aromatic carbocycles. The van der Waals surface area contributed by atoms with Crippen molar-refractivity contribution in [1.29, 1.82) is 0 Å². The molecule has 0 amide bonds. The van der Waals surface area contributed by atoms with Crippen molar-refractivity contribution >= 4 is 0 Å². The lowest BCUT2D eigenvalue weighted by molar-refractivity contribution is 0.618. The van der Waals surface area contributed by atoms with Crippen molar-refractivity contribution in [2.24, 2.45) is 0 Å². The molecule has 2 aromatic rings. The number of halogens is 1. The van der Waals surface area contributed by atoms with Gasteiger partial charge < -0.3 is 0 Å². The highest BCUT2D eigenvalue weighted by atomic mass is 19.1. The first-order valence-corrected chi connectivity index (χ1v) is 5.81. The predicted molar refractivity (Wildman–Crippen MR) is 68.5 cm³/mol. The third-order valence-electron chi connectivity index (χ3n) is 2.82. The summed E-state index contributed by atoms with van der Waals surface area (Å²) >= 11 is 0. The van der Waals surface area contributed by atoms with Crippen LogP contribution in [0.2, 0.25) is 0 Å². The summed E-state index contributed by atoms with van der Waals surface area (Å²) in [6.07, 6.45) is 0. The lowest BCUT2D eigenvalue weighted by atomic mass is 10.1. The van der Waals surface area contributed by atoms with Crippen molar-refractivity contribution in [2.75, 3.05) is 0 Å². The molecule has 0 saturated heterocycles. The second kappa shape index (κ2) is 4.66. The van der Waals surface area contributed by atoms with Crippen LogP contribution < -0.4 is 0 Å². The highest BCUT2D eigenvalue weighted by Gasteiger charge is 2.05. The minimum Gasteiger partial charge on any atom is -0.253 e. The maximum Gasteiger partial charge on any atom is 0.126 e. The van der Waals surface area contributed by atoms with Crippen molar-refractivity contribution < 1.29 is 4.39 Å². The molecule has 2 rings (SSSR count). The Morgan fingerprint density at radius 2 is 1.88 bits per heavy atom. The minimum atomic E-state index is -0.172. The third-order valence-corrected chi connectivity index (χ3v) is 2.82. The lowest BCUT2D eigenvalue weighted by Gasteiger charge is -2.08. The van der Waals surface area contributed by atoms with Gasteiger partial charge in [0.05, 0.1) is 5.69 Å². The lowest BCUT2D eigenvalue weighted by Crippen LogP contribution is -1.94. The summed E-state index contributed by atoms with van der Waals surface area (Å²) in [5, 5.41) is 0. The summed E-state index contributed by atoms with van der Waals surface area (Å²) < 4.78 is 13.2. The summed E-state index contributed by atoms with van der Waals surface area (Å²) in [5.74, 6) is 0.227. The Balaban J connectivity index is 2.45. The van der Waals surface area contributed by atoms with Gasteiger partial charge in [0, 0.05) is 11.3 Å². The van der Waals surface area contributed by atoms with Crippen LogP contribution in [-0.4, -0.2) is 4.98 Å². The molecule has 17 heavy (non-hydrogen) atoms. The molecule has 0 aliphatic rings. The van der Waals surface area contributed by atoms with Crippen LogP contribution in [0.5, 0.6) is 0 Å². The van der Waals surface area contributed by atoms with E-state index in [-0.39, 0.29) is 5.82 Å². The van der Waals surface area contributed by atoms with Crippen molar-refractivity contribution in [3.8, 4) is 11.3 Å². The summed E-state index contributed by atoms with van der Waals surface area (Å²) in [4.78, 5) is 4.59. The quantitative estimate of drug-likeness (QED) is 0.747. The molecule has 0 N–H and O–H groups in total. The number of aryl methyl sites for hydroxylation is 1. The van der Waals surface area contributed by atoms with Gasteiger partial charge in [0.25, 0.3) is 0 Å². The highest BCUT2D eigenvalue weighted by Crippen LogP contribution is 2.22. The number of hydrogen-bond donors (Lipinski definition) is 0. The van der Waals surface area contributed by atoms with Crippen LogP contribution in [-0.2, 0) is 0 Å². The van der Waals surface area contributed by atoms with E-state index in [1.807, 2.05) is 24.3 Å². The van der Waals surface area contributed by atoms with E-state index in [1.165, 1.54) is 6.07 Å². The number of aromatic nitrogens is 1. The molecule has 0 spiro atoms. The van der Waals surface area contributed by atoms with Crippen molar-refractivity contribution in [1.82, 2.24) is 4.98 Å². The number of nitrogens with zero attached hydrogens (tertiary/aromatic N) is 1. The fraction of sp³-hybridized carbons (Fsp3) is 0.267. The molecule has 1 nitrogen and oxygen atoms in total.